The molecule has 0 radical (unpaired) electrons. The van der Waals surface area contributed by atoms with Crippen LogP contribution in [-0.2, 0) is 0 Å². The number of rotatable bonds is 3. The van der Waals surface area contributed by atoms with E-state index in [9.17, 15) is 4.79 Å². The van der Waals surface area contributed by atoms with E-state index >= 15 is 0 Å². The number of hydrogen-bond donors (Lipinski definition) is 0. The Kier molecular flexibility index (Phi) is 2.87. The highest BCUT2D eigenvalue weighted by Crippen LogP contribution is 2.23. The van der Waals surface area contributed by atoms with Gasteiger partial charge in [0, 0.05) is 17.4 Å². The Morgan fingerprint density at radius 3 is 2.67 bits per heavy atom. The Bertz CT molecular complexity index is 276. The molecule has 0 saturated carbocycles. The second-order valence-electron chi connectivity index (χ2n) is 2.87. The maximum Gasteiger partial charge on any atom is 0.175 e. The van der Waals surface area contributed by atoms with Gasteiger partial charge in [-0.2, -0.15) is 0 Å². The van der Waals surface area contributed by atoms with E-state index in [-0.39, 0.29) is 11.7 Å². The van der Waals surface area contributed by atoms with Crippen LogP contribution < -0.4 is 4.74 Å². The van der Waals surface area contributed by atoms with Gasteiger partial charge in [0.25, 0.3) is 0 Å². The second-order valence-corrected chi connectivity index (χ2v) is 3.78. The molecule has 0 saturated heterocycles. The predicted molar refractivity (Wildman–Crippen MR) is 50.0 cm³/mol. The van der Waals surface area contributed by atoms with Crippen LogP contribution in [-0.4, -0.2) is 12.9 Å². The molecule has 1 heterocycles. The van der Waals surface area contributed by atoms with E-state index in [4.69, 9.17) is 4.74 Å². The summed E-state index contributed by atoms with van der Waals surface area (Å²) < 4.78 is 4.98. The first-order chi connectivity index (χ1) is 5.65. The van der Waals surface area contributed by atoms with Crippen LogP contribution in [0.5, 0.6) is 5.75 Å². The SMILES string of the molecule is COc1csc(C(=O)C(C)C)c1. The zero-order valence-electron chi connectivity index (χ0n) is 7.46. The molecule has 0 bridgehead atoms. The van der Waals surface area contributed by atoms with Gasteiger partial charge in [0.15, 0.2) is 5.78 Å². The molecule has 0 amide bonds. The number of ketones is 1. The lowest BCUT2D eigenvalue weighted by Gasteiger charge is -1.98. The van der Waals surface area contributed by atoms with Crippen LogP contribution in [0.4, 0.5) is 0 Å². The molecular weight excluding hydrogens is 172 g/mol. The van der Waals surface area contributed by atoms with Crippen LogP contribution in [0.3, 0.4) is 0 Å². The molecule has 0 unspecified atom stereocenters. The minimum atomic E-state index is 0.0633. The number of methoxy groups -OCH3 is 1. The lowest BCUT2D eigenvalue weighted by molar-refractivity contribution is 0.0943. The zero-order valence-corrected chi connectivity index (χ0v) is 8.27. The van der Waals surface area contributed by atoms with Gasteiger partial charge < -0.3 is 4.74 Å². The largest absolute Gasteiger partial charge is 0.496 e. The van der Waals surface area contributed by atoms with Crippen molar-refractivity contribution in [2.24, 2.45) is 5.92 Å². The summed E-state index contributed by atoms with van der Waals surface area (Å²) in [7, 11) is 1.60. The molecule has 2 nitrogen and oxygen atoms in total. The quantitative estimate of drug-likeness (QED) is 0.675. The minimum absolute atomic E-state index is 0.0633. The van der Waals surface area contributed by atoms with Crippen LogP contribution in [0.25, 0.3) is 0 Å². The third-order valence-corrected chi connectivity index (χ3v) is 2.50. The van der Waals surface area contributed by atoms with E-state index in [2.05, 4.69) is 0 Å². The summed E-state index contributed by atoms with van der Waals surface area (Å²) in [4.78, 5) is 12.2. The van der Waals surface area contributed by atoms with Gasteiger partial charge in [0.05, 0.1) is 12.0 Å². The molecule has 1 aromatic rings. The Labute approximate surface area is 76.2 Å². The zero-order chi connectivity index (χ0) is 9.14. The number of carbonyl (C=O) groups is 1. The standard InChI is InChI=1S/C9H12O2S/c1-6(2)9(10)8-4-7(11-3)5-12-8/h4-6H,1-3H3. The Hall–Kier alpha value is -0.830. The van der Waals surface area contributed by atoms with Crippen LogP contribution in [0, 0.1) is 5.92 Å². The Balaban J connectivity index is 2.82. The Morgan fingerprint density at radius 1 is 1.58 bits per heavy atom. The fourth-order valence-electron chi connectivity index (χ4n) is 0.840. The molecule has 0 aromatic carbocycles. The van der Waals surface area contributed by atoms with Crippen molar-refractivity contribution in [1.82, 2.24) is 0 Å². The van der Waals surface area contributed by atoms with E-state index in [0.717, 1.165) is 10.6 Å². The molecule has 0 spiro atoms. The Morgan fingerprint density at radius 2 is 2.25 bits per heavy atom. The van der Waals surface area contributed by atoms with Gasteiger partial charge >= 0.3 is 0 Å². The van der Waals surface area contributed by atoms with E-state index in [0.29, 0.717) is 0 Å². The highest BCUT2D eigenvalue weighted by molar-refractivity contribution is 7.12. The summed E-state index contributed by atoms with van der Waals surface area (Å²) in [5.74, 6) is 1.01. The summed E-state index contributed by atoms with van der Waals surface area (Å²) in [6.45, 7) is 3.79. The van der Waals surface area contributed by atoms with Gasteiger partial charge in [0.2, 0.25) is 0 Å². The van der Waals surface area contributed by atoms with Crippen molar-refractivity contribution in [3.8, 4) is 5.75 Å². The normalized spacial score (nSPS) is 10.3. The molecule has 1 rings (SSSR count). The van der Waals surface area contributed by atoms with Gasteiger partial charge in [-0.25, -0.2) is 0 Å². The first-order valence-corrected chi connectivity index (χ1v) is 4.70. The third kappa shape index (κ3) is 1.85. The van der Waals surface area contributed by atoms with E-state index in [1.807, 2.05) is 19.2 Å². The van der Waals surface area contributed by atoms with Gasteiger partial charge in [-0.05, 0) is 0 Å². The van der Waals surface area contributed by atoms with Crippen molar-refractivity contribution in [2.45, 2.75) is 13.8 Å². The van der Waals surface area contributed by atoms with Crippen molar-refractivity contribution < 1.29 is 9.53 Å². The summed E-state index contributed by atoms with van der Waals surface area (Å²) in [6, 6.07) is 1.78. The number of thiophene rings is 1. The highest BCUT2D eigenvalue weighted by atomic mass is 32.1. The first kappa shape index (κ1) is 9.26. The summed E-state index contributed by atoms with van der Waals surface area (Å²) in [5, 5.41) is 1.84. The van der Waals surface area contributed by atoms with Crippen LogP contribution in [0.2, 0.25) is 0 Å². The smallest absolute Gasteiger partial charge is 0.175 e. The molecule has 0 fully saturated rings. The van der Waals surface area contributed by atoms with Gasteiger partial charge in [-0.1, -0.05) is 13.8 Å². The van der Waals surface area contributed by atoms with Crippen LogP contribution in [0.1, 0.15) is 23.5 Å². The molecular formula is C9H12O2S. The lowest BCUT2D eigenvalue weighted by atomic mass is 10.1. The topological polar surface area (TPSA) is 26.3 Å². The molecule has 0 aliphatic rings. The van der Waals surface area contributed by atoms with Crippen molar-refractivity contribution >= 4 is 17.1 Å². The van der Waals surface area contributed by atoms with Gasteiger partial charge in [0.1, 0.15) is 5.75 Å². The summed E-state index contributed by atoms with van der Waals surface area (Å²) in [5.41, 5.74) is 0. The van der Waals surface area contributed by atoms with E-state index in [1.54, 1.807) is 13.2 Å². The molecule has 12 heavy (non-hydrogen) atoms. The molecule has 0 atom stereocenters. The van der Waals surface area contributed by atoms with Crippen molar-refractivity contribution in [3.63, 3.8) is 0 Å². The fraction of sp³-hybridized carbons (Fsp3) is 0.444. The highest BCUT2D eigenvalue weighted by Gasteiger charge is 2.12. The van der Waals surface area contributed by atoms with Gasteiger partial charge in [-0.3, -0.25) is 4.79 Å². The van der Waals surface area contributed by atoms with Crippen molar-refractivity contribution in [3.05, 3.63) is 16.3 Å². The van der Waals surface area contributed by atoms with Crippen molar-refractivity contribution in [2.75, 3.05) is 7.11 Å². The average molecular weight is 184 g/mol. The monoisotopic (exact) mass is 184 g/mol. The average Bonchev–Trinajstić information content (AvgIpc) is 2.50. The lowest BCUT2D eigenvalue weighted by Crippen LogP contribution is -2.04. The molecule has 0 aliphatic carbocycles. The van der Waals surface area contributed by atoms with Crippen molar-refractivity contribution in [1.29, 1.82) is 0 Å². The summed E-state index contributed by atoms with van der Waals surface area (Å²) >= 11 is 1.44. The first-order valence-electron chi connectivity index (χ1n) is 3.82. The van der Waals surface area contributed by atoms with E-state index in [1.165, 1.54) is 11.3 Å². The van der Waals surface area contributed by atoms with E-state index < -0.39 is 0 Å². The summed E-state index contributed by atoms with van der Waals surface area (Å²) in [6.07, 6.45) is 0. The van der Waals surface area contributed by atoms with Crippen LogP contribution in [0.15, 0.2) is 11.4 Å². The predicted octanol–water partition coefficient (Wildman–Crippen LogP) is 2.60. The molecule has 3 heteroatoms. The third-order valence-electron chi connectivity index (χ3n) is 1.58. The molecule has 0 aliphatic heterocycles. The number of hydrogen-bond acceptors (Lipinski definition) is 3. The van der Waals surface area contributed by atoms with Crippen LogP contribution >= 0.6 is 11.3 Å². The second kappa shape index (κ2) is 3.72. The fourth-order valence-corrected chi connectivity index (χ4v) is 1.78. The number of carbonyl (C=O) groups excluding carboxylic acids is 1. The number of ether oxygens (including phenoxy) is 1. The maximum atomic E-state index is 11.4. The minimum Gasteiger partial charge on any atom is -0.496 e. The van der Waals surface area contributed by atoms with Gasteiger partial charge in [-0.15, -0.1) is 11.3 Å². The molecule has 66 valence electrons. The number of Topliss-reactive ketones (excluding diaryl/α,β-unsaturated/α-hetero) is 1. The maximum absolute atomic E-state index is 11.4. The molecule has 0 N–H and O–H groups in total. The molecule has 1 aromatic heterocycles.